The largest absolute Gasteiger partial charge is 0.497 e. The van der Waals surface area contributed by atoms with Gasteiger partial charge in [-0.05, 0) is 24.6 Å². The summed E-state index contributed by atoms with van der Waals surface area (Å²) in [6.07, 6.45) is 0.420. The van der Waals surface area contributed by atoms with Crippen LogP contribution in [0.3, 0.4) is 0 Å². The minimum atomic E-state index is -0.918. The van der Waals surface area contributed by atoms with E-state index in [0.717, 1.165) is 0 Å². The van der Waals surface area contributed by atoms with Gasteiger partial charge in [-0.3, -0.25) is 4.79 Å². The van der Waals surface area contributed by atoms with E-state index in [2.05, 4.69) is 4.98 Å². The molecule has 1 amide bonds. The fraction of sp³-hybridized carbons (Fsp3) is 0.312. The van der Waals surface area contributed by atoms with Crippen LogP contribution in [0.5, 0.6) is 5.75 Å². The lowest BCUT2D eigenvalue weighted by Gasteiger charge is -2.13. The molecule has 1 aromatic heterocycles. The third kappa shape index (κ3) is 3.90. The molecule has 0 unspecified atom stereocenters. The number of rotatable bonds is 7. The van der Waals surface area contributed by atoms with Crippen molar-refractivity contribution in [3.63, 3.8) is 0 Å². The lowest BCUT2D eigenvalue weighted by Crippen LogP contribution is -2.20. The van der Waals surface area contributed by atoms with Crippen molar-refractivity contribution in [2.75, 3.05) is 13.7 Å². The van der Waals surface area contributed by atoms with Gasteiger partial charge in [-0.2, -0.15) is 0 Å². The number of hydrogen-bond donors (Lipinski definition) is 2. The Labute approximate surface area is 138 Å². The Bertz CT molecular complexity index is 724. The molecule has 1 heterocycles. The van der Waals surface area contributed by atoms with Crippen LogP contribution in [0.15, 0.2) is 30.5 Å². The summed E-state index contributed by atoms with van der Waals surface area (Å²) < 4.78 is 11.2. The number of ether oxygens (including phenoxy) is 2. The summed E-state index contributed by atoms with van der Waals surface area (Å²) >= 11 is 0. The molecule has 0 fully saturated rings. The van der Waals surface area contributed by atoms with E-state index in [1.54, 1.807) is 38.3 Å². The summed E-state index contributed by atoms with van der Waals surface area (Å²) in [6, 6.07) is 6.84. The van der Waals surface area contributed by atoms with Crippen LogP contribution in [0.4, 0.5) is 0 Å². The Morgan fingerprint density at radius 1 is 1.33 bits per heavy atom. The number of aromatic nitrogens is 2. The fourth-order valence-corrected chi connectivity index (χ4v) is 2.17. The molecule has 2 rings (SSSR count). The first-order chi connectivity index (χ1) is 11.5. The molecule has 8 heteroatoms. The van der Waals surface area contributed by atoms with Crippen LogP contribution in [-0.4, -0.2) is 40.3 Å². The molecule has 3 N–H and O–H groups in total. The van der Waals surface area contributed by atoms with E-state index in [0.29, 0.717) is 11.3 Å². The van der Waals surface area contributed by atoms with Gasteiger partial charge in [0.1, 0.15) is 5.75 Å². The summed E-state index contributed by atoms with van der Waals surface area (Å²) in [5.74, 6) is -0.910. The molecule has 0 saturated heterocycles. The van der Waals surface area contributed by atoms with Gasteiger partial charge in [0.15, 0.2) is 11.5 Å². The lowest BCUT2D eigenvalue weighted by atomic mass is 10.1. The van der Waals surface area contributed by atoms with Crippen LogP contribution < -0.4 is 10.5 Å². The molecule has 8 nitrogen and oxygen atoms in total. The smallest absolute Gasteiger partial charge is 0.358 e. The highest BCUT2D eigenvalue weighted by Gasteiger charge is 2.20. The van der Waals surface area contributed by atoms with E-state index >= 15 is 0 Å². The van der Waals surface area contributed by atoms with Gasteiger partial charge < -0.3 is 24.9 Å². The molecule has 0 spiro atoms. The van der Waals surface area contributed by atoms with Crippen molar-refractivity contribution in [2.45, 2.75) is 19.6 Å². The summed E-state index contributed by atoms with van der Waals surface area (Å²) in [4.78, 5) is 27.1. The third-order valence-corrected chi connectivity index (χ3v) is 3.35. The number of carbonyl (C=O) groups is 2. The SMILES string of the molecule is CCOC(=O)c1cn(C[C@@H](O)c2ccc(OC)cc2)c(C(N)=O)n1. The highest BCUT2D eigenvalue weighted by atomic mass is 16.5. The number of methoxy groups -OCH3 is 1. The molecule has 24 heavy (non-hydrogen) atoms. The van der Waals surface area contributed by atoms with Crippen molar-refractivity contribution in [1.82, 2.24) is 9.55 Å². The second kappa shape index (κ2) is 7.60. The fourth-order valence-electron chi connectivity index (χ4n) is 2.17. The van der Waals surface area contributed by atoms with E-state index in [1.165, 1.54) is 10.8 Å². The maximum absolute atomic E-state index is 11.7. The van der Waals surface area contributed by atoms with Crippen molar-refractivity contribution in [2.24, 2.45) is 5.73 Å². The van der Waals surface area contributed by atoms with E-state index in [9.17, 15) is 14.7 Å². The number of nitrogens with two attached hydrogens (primary N) is 1. The molecule has 0 bridgehead atoms. The molecule has 2 aromatic rings. The minimum absolute atomic E-state index is 0.0109. The number of hydrogen-bond acceptors (Lipinski definition) is 6. The van der Waals surface area contributed by atoms with Crippen molar-refractivity contribution in [3.8, 4) is 5.75 Å². The summed E-state index contributed by atoms with van der Waals surface area (Å²) in [5, 5.41) is 10.3. The summed E-state index contributed by atoms with van der Waals surface area (Å²) in [7, 11) is 1.55. The molecular formula is C16H19N3O5. The monoisotopic (exact) mass is 333 g/mol. The van der Waals surface area contributed by atoms with Gasteiger partial charge in [-0.25, -0.2) is 9.78 Å². The predicted octanol–water partition coefficient (Wildman–Crippen LogP) is 0.901. The van der Waals surface area contributed by atoms with Crippen LogP contribution in [-0.2, 0) is 11.3 Å². The molecule has 128 valence electrons. The maximum Gasteiger partial charge on any atom is 0.358 e. The number of esters is 1. The highest BCUT2D eigenvalue weighted by molar-refractivity contribution is 5.93. The van der Waals surface area contributed by atoms with Gasteiger partial charge in [0.05, 0.1) is 26.4 Å². The van der Waals surface area contributed by atoms with Crippen molar-refractivity contribution in [3.05, 3.63) is 47.5 Å². The summed E-state index contributed by atoms with van der Waals surface area (Å²) in [6.45, 7) is 1.86. The Kier molecular flexibility index (Phi) is 5.54. The lowest BCUT2D eigenvalue weighted by molar-refractivity contribution is 0.0519. The summed E-state index contributed by atoms with van der Waals surface area (Å²) in [5.41, 5.74) is 5.87. The van der Waals surface area contributed by atoms with Crippen LogP contribution in [0.1, 0.15) is 39.7 Å². The number of aliphatic hydroxyl groups excluding tert-OH is 1. The average Bonchev–Trinajstić information content (AvgIpc) is 2.99. The zero-order valence-electron chi connectivity index (χ0n) is 13.4. The molecule has 0 aliphatic carbocycles. The topological polar surface area (TPSA) is 117 Å². The molecule has 0 aliphatic heterocycles. The number of amides is 1. The molecule has 1 aromatic carbocycles. The second-order valence-corrected chi connectivity index (χ2v) is 4.98. The van der Waals surface area contributed by atoms with Crippen LogP contribution in [0, 0.1) is 0 Å². The van der Waals surface area contributed by atoms with Gasteiger partial charge in [0, 0.05) is 6.20 Å². The zero-order chi connectivity index (χ0) is 17.7. The Balaban J connectivity index is 2.23. The van der Waals surface area contributed by atoms with Gasteiger partial charge in [0.2, 0.25) is 0 Å². The first kappa shape index (κ1) is 17.5. The average molecular weight is 333 g/mol. The van der Waals surface area contributed by atoms with Gasteiger partial charge in [-0.15, -0.1) is 0 Å². The molecular weight excluding hydrogens is 314 g/mol. The van der Waals surface area contributed by atoms with Crippen LogP contribution in [0.25, 0.3) is 0 Å². The van der Waals surface area contributed by atoms with Gasteiger partial charge >= 0.3 is 5.97 Å². The number of imidazole rings is 1. The quantitative estimate of drug-likeness (QED) is 0.727. The van der Waals surface area contributed by atoms with Crippen molar-refractivity contribution < 1.29 is 24.2 Å². The molecule has 1 atom stereocenters. The molecule has 0 saturated carbocycles. The Hall–Kier alpha value is -2.87. The van der Waals surface area contributed by atoms with Crippen molar-refractivity contribution >= 4 is 11.9 Å². The standard InChI is InChI=1S/C16H19N3O5/c1-3-24-16(22)12-8-19(15(18-12)14(17)21)9-13(20)10-4-6-11(23-2)7-5-10/h4-8,13,20H,3,9H2,1-2H3,(H2,17,21)/t13-/m1/s1. The van der Waals surface area contributed by atoms with Crippen LogP contribution in [0.2, 0.25) is 0 Å². The zero-order valence-corrected chi connectivity index (χ0v) is 13.4. The minimum Gasteiger partial charge on any atom is -0.497 e. The third-order valence-electron chi connectivity index (χ3n) is 3.35. The first-order valence-electron chi connectivity index (χ1n) is 7.32. The van der Waals surface area contributed by atoms with Gasteiger partial charge in [0.25, 0.3) is 5.91 Å². The number of carbonyl (C=O) groups excluding carboxylic acids is 2. The molecule has 0 radical (unpaired) electrons. The predicted molar refractivity (Wildman–Crippen MR) is 84.7 cm³/mol. The Morgan fingerprint density at radius 2 is 2.00 bits per heavy atom. The maximum atomic E-state index is 11.7. The number of nitrogens with zero attached hydrogens (tertiary/aromatic N) is 2. The van der Waals surface area contributed by atoms with E-state index in [-0.39, 0.29) is 24.7 Å². The van der Waals surface area contributed by atoms with E-state index in [4.69, 9.17) is 15.2 Å². The number of aliphatic hydroxyl groups is 1. The highest BCUT2D eigenvalue weighted by Crippen LogP contribution is 2.20. The first-order valence-corrected chi connectivity index (χ1v) is 7.32. The van der Waals surface area contributed by atoms with Crippen LogP contribution >= 0.6 is 0 Å². The van der Waals surface area contributed by atoms with E-state index in [1.807, 2.05) is 0 Å². The normalized spacial score (nSPS) is 11.8. The number of primary amides is 1. The second-order valence-electron chi connectivity index (χ2n) is 4.98. The van der Waals surface area contributed by atoms with Gasteiger partial charge in [-0.1, -0.05) is 12.1 Å². The van der Waals surface area contributed by atoms with E-state index < -0.39 is 18.0 Å². The number of benzene rings is 1. The Morgan fingerprint density at radius 3 is 2.54 bits per heavy atom. The molecule has 0 aliphatic rings. The van der Waals surface area contributed by atoms with Crippen molar-refractivity contribution in [1.29, 1.82) is 0 Å².